The minimum atomic E-state index is -0.434. The van der Waals surface area contributed by atoms with Gasteiger partial charge < -0.3 is 14.6 Å². The second-order valence-electron chi connectivity index (χ2n) is 4.29. The number of rotatable bonds is 6. The molecule has 102 valence electrons. The topological polar surface area (TPSA) is 38.7 Å². The monoisotopic (exact) mass is 278 g/mol. The summed E-state index contributed by atoms with van der Waals surface area (Å²) >= 11 is 1.53. The minimum absolute atomic E-state index is 0.434. The predicted octanol–water partition coefficient (Wildman–Crippen LogP) is 3.43. The summed E-state index contributed by atoms with van der Waals surface area (Å²) in [7, 11) is 3.29. The van der Waals surface area contributed by atoms with Gasteiger partial charge in [0.1, 0.15) is 11.5 Å². The number of aryl methyl sites for hydroxylation is 1. The fourth-order valence-corrected chi connectivity index (χ4v) is 2.73. The zero-order chi connectivity index (χ0) is 13.7. The Kier molecular flexibility index (Phi) is 4.82. The van der Waals surface area contributed by atoms with Crippen molar-refractivity contribution < 1.29 is 14.6 Å². The predicted molar refractivity (Wildman–Crippen MR) is 77.1 cm³/mol. The lowest BCUT2D eigenvalue weighted by atomic mass is 10.1. The van der Waals surface area contributed by atoms with E-state index in [9.17, 15) is 5.11 Å². The molecule has 0 bridgehead atoms. The molecule has 1 atom stereocenters. The van der Waals surface area contributed by atoms with Crippen molar-refractivity contribution in [1.29, 1.82) is 0 Å². The highest BCUT2D eigenvalue weighted by Gasteiger charge is 2.11. The van der Waals surface area contributed by atoms with Crippen molar-refractivity contribution in [2.45, 2.75) is 18.9 Å². The van der Waals surface area contributed by atoms with E-state index in [0.29, 0.717) is 6.42 Å². The Morgan fingerprint density at radius 1 is 1.11 bits per heavy atom. The number of thiophene rings is 1. The third kappa shape index (κ3) is 3.72. The molecule has 0 amide bonds. The summed E-state index contributed by atoms with van der Waals surface area (Å²) < 4.78 is 10.2. The lowest BCUT2D eigenvalue weighted by Gasteiger charge is -2.08. The molecule has 0 fully saturated rings. The van der Waals surface area contributed by atoms with E-state index in [-0.39, 0.29) is 0 Å². The van der Waals surface area contributed by atoms with E-state index in [1.807, 2.05) is 35.7 Å². The van der Waals surface area contributed by atoms with Crippen LogP contribution in [0.5, 0.6) is 11.5 Å². The molecule has 0 aliphatic carbocycles. The highest BCUT2D eigenvalue weighted by Crippen LogP contribution is 2.29. The molecule has 2 rings (SSSR count). The maximum absolute atomic E-state index is 10.1. The lowest BCUT2D eigenvalue weighted by molar-refractivity contribution is 0.171. The first-order valence-corrected chi connectivity index (χ1v) is 7.04. The Morgan fingerprint density at radius 3 is 2.37 bits per heavy atom. The van der Waals surface area contributed by atoms with Gasteiger partial charge in [0.25, 0.3) is 0 Å². The highest BCUT2D eigenvalue weighted by molar-refractivity contribution is 7.10. The molecule has 0 aliphatic rings. The molecule has 0 saturated heterocycles. The average Bonchev–Trinajstić information content (AvgIpc) is 2.94. The van der Waals surface area contributed by atoms with Gasteiger partial charge in [0.2, 0.25) is 0 Å². The van der Waals surface area contributed by atoms with Crippen LogP contribution in [-0.2, 0) is 6.42 Å². The summed E-state index contributed by atoms with van der Waals surface area (Å²) in [6.45, 7) is 0. The second kappa shape index (κ2) is 6.59. The molecular formula is C15H18O3S. The van der Waals surface area contributed by atoms with Gasteiger partial charge in [-0.25, -0.2) is 0 Å². The van der Waals surface area contributed by atoms with Crippen LogP contribution in [0.25, 0.3) is 0 Å². The van der Waals surface area contributed by atoms with Crippen LogP contribution in [0.1, 0.15) is 23.0 Å². The first-order chi connectivity index (χ1) is 9.22. The second-order valence-corrected chi connectivity index (χ2v) is 5.23. The summed E-state index contributed by atoms with van der Waals surface area (Å²) in [6, 6.07) is 9.83. The van der Waals surface area contributed by atoms with Crippen LogP contribution in [0.2, 0.25) is 0 Å². The molecule has 2 aromatic rings. The molecule has 1 heterocycles. The Labute approximate surface area is 117 Å². The Balaban J connectivity index is 1.90. The Bertz CT molecular complexity index is 504. The van der Waals surface area contributed by atoms with Gasteiger partial charge in [-0.15, -0.1) is 11.3 Å². The highest BCUT2D eigenvalue weighted by atomic mass is 32.1. The van der Waals surface area contributed by atoms with E-state index in [2.05, 4.69) is 0 Å². The summed E-state index contributed by atoms with van der Waals surface area (Å²) in [5.74, 6) is 1.66. The molecule has 0 radical (unpaired) electrons. The maximum atomic E-state index is 10.1. The third-order valence-corrected chi connectivity index (χ3v) is 4.04. The number of ether oxygens (including phenoxy) is 2. The van der Waals surface area contributed by atoms with Gasteiger partial charge >= 0.3 is 0 Å². The van der Waals surface area contributed by atoms with Crippen molar-refractivity contribution in [3.8, 4) is 11.5 Å². The van der Waals surface area contributed by atoms with E-state index in [1.54, 1.807) is 14.2 Å². The third-order valence-electron chi connectivity index (χ3n) is 3.03. The van der Waals surface area contributed by atoms with Gasteiger partial charge in [0.15, 0.2) is 0 Å². The molecule has 1 aromatic heterocycles. The number of methoxy groups -OCH3 is 2. The van der Waals surface area contributed by atoms with Crippen molar-refractivity contribution >= 4 is 11.3 Å². The average molecular weight is 278 g/mol. The number of hydrogen-bond acceptors (Lipinski definition) is 4. The smallest absolute Gasteiger partial charge is 0.129 e. The van der Waals surface area contributed by atoms with Crippen molar-refractivity contribution in [2.75, 3.05) is 14.2 Å². The molecule has 1 N–H and O–H groups in total. The van der Waals surface area contributed by atoms with Crippen LogP contribution in [-0.4, -0.2) is 19.3 Å². The molecule has 4 heteroatoms. The molecule has 0 spiro atoms. The maximum Gasteiger partial charge on any atom is 0.129 e. The van der Waals surface area contributed by atoms with Gasteiger partial charge in [-0.3, -0.25) is 0 Å². The van der Waals surface area contributed by atoms with E-state index in [4.69, 9.17) is 9.47 Å². The van der Waals surface area contributed by atoms with Crippen LogP contribution >= 0.6 is 11.3 Å². The summed E-state index contributed by atoms with van der Waals surface area (Å²) in [6.07, 6.45) is 1.11. The van der Waals surface area contributed by atoms with Gasteiger partial charge in [-0.05, 0) is 36.6 Å². The Hall–Kier alpha value is -1.52. The summed E-state index contributed by atoms with van der Waals surface area (Å²) in [4.78, 5) is 0.949. The molecule has 0 saturated carbocycles. The zero-order valence-electron chi connectivity index (χ0n) is 11.1. The van der Waals surface area contributed by atoms with Crippen LogP contribution in [0, 0.1) is 0 Å². The fourth-order valence-electron chi connectivity index (χ4n) is 1.85. The number of aliphatic hydroxyl groups excluding tert-OH is 1. The van der Waals surface area contributed by atoms with Crippen molar-refractivity contribution in [3.63, 3.8) is 0 Å². The number of hydrogen-bond donors (Lipinski definition) is 1. The van der Waals surface area contributed by atoms with E-state index in [1.165, 1.54) is 16.9 Å². The first kappa shape index (κ1) is 13.9. The van der Waals surface area contributed by atoms with Crippen LogP contribution in [0.15, 0.2) is 35.7 Å². The van der Waals surface area contributed by atoms with E-state index in [0.717, 1.165) is 22.8 Å². The summed E-state index contributed by atoms with van der Waals surface area (Å²) in [5, 5.41) is 12.0. The Morgan fingerprint density at radius 2 is 1.79 bits per heavy atom. The SMILES string of the molecule is COc1ccc(CCC(O)c2cc(OC)cs2)cc1. The van der Waals surface area contributed by atoms with Crippen molar-refractivity contribution in [3.05, 3.63) is 46.2 Å². The summed E-state index contributed by atoms with van der Waals surface area (Å²) in [5.41, 5.74) is 1.20. The molecule has 1 unspecified atom stereocenters. The van der Waals surface area contributed by atoms with Gasteiger partial charge in [0.05, 0.1) is 20.3 Å². The lowest BCUT2D eigenvalue weighted by Crippen LogP contribution is -1.97. The fraction of sp³-hybridized carbons (Fsp3) is 0.333. The van der Waals surface area contributed by atoms with Crippen molar-refractivity contribution in [1.82, 2.24) is 0 Å². The standard InChI is InChI=1S/C15H18O3S/c1-17-12-6-3-11(4-7-12)5-8-14(16)15-9-13(18-2)10-19-15/h3-4,6-7,9-10,14,16H,5,8H2,1-2H3. The van der Waals surface area contributed by atoms with Crippen LogP contribution in [0.3, 0.4) is 0 Å². The van der Waals surface area contributed by atoms with E-state index >= 15 is 0 Å². The van der Waals surface area contributed by atoms with Gasteiger partial charge in [-0.1, -0.05) is 12.1 Å². The van der Waals surface area contributed by atoms with Gasteiger partial charge in [0, 0.05) is 10.3 Å². The zero-order valence-corrected chi connectivity index (χ0v) is 11.9. The van der Waals surface area contributed by atoms with Crippen LogP contribution in [0.4, 0.5) is 0 Å². The molecule has 19 heavy (non-hydrogen) atoms. The van der Waals surface area contributed by atoms with E-state index < -0.39 is 6.10 Å². The largest absolute Gasteiger partial charge is 0.497 e. The molecule has 3 nitrogen and oxygen atoms in total. The first-order valence-electron chi connectivity index (χ1n) is 6.16. The van der Waals surface area contributed by atoms with Crippen molar-refractivity contribution in [2.24, 2.45) is 0 Å². The quantitative estimate of drug-likeness (QED) is 0.879. The molecule has 1 aromatic carbocycles. The normalized spacial score (nSPS) is 12.2. The number of benzene rings is 1. The van der Waals surface area contributed by atoms with Gasteiger partial charge in [-0.2, -0.15) is 0 Å². The number of aliphatic hydroxyl groups is 1. The minimum Gasteiger partial charge on any atom is -0.497 e. The van der Waals surface area contributed by atoms with Crippen LogP contribution < -0.4 is 9.47 Å². The molecular weight excluding hydrogens is 260 g/mol. The molecule has 0 aliphatic heterocycles.